The van der Waals surface area contributed by atoms with Gasteiger partial charge in [0.05, 0.1) is 4.90 Å². The number of aliphatic carboxylic acids is 1. The summed E-state index contributed by atoms with van der Waals surface area (Å²) in [5, 5.41) is 10.6. The Morgan fingerprint density at radius 2 is 1.65 bits per heavy atom. The zero-order valence-corrected chi connectivity index (χ0v) is 19.7. The topological polar surface area (TPSA) is 113 Å². The Labute approximate surface area is 185 Å². The van der Waals surface area contributed by atoms with Crippen LogP contribution in [-0.2, 0) is 14.8 Å². The van der Waals surface area contributed by atoms with Gasteiger partial charge in [0, 0.05) is 36.6 Å². The SMILES string of the molecule is CC(C)[C@H](NS(=O)(=O)c1cccc2c(N(C)C)cccc12)C(=O)O.NC1CCCCC1. The van der Waals surface area contributed by atoms with Crippen LogP contribution in [0.2, 0.25) is 0 Å². The van der Waals surface area contributed by atoms with E-state index in [-0.39, 0.29) is 10.8 Å². The molecule has 0 bridgehead atoms. The molecule has 7 nitrogen and oxygen atoms in total. The molecule has 4 N–H and O–H groups in total. The van der Waals surface area contributed by atoms with Crippen LogP contribution in [0.3, 0.4) is 0 Å². The lowest BCUT2D eigenvalue weighted by Crippen LogP contribution is -2.44. The molecule has 0 radical (unpaired) electrons. The Morgan fingerprint density at radius 1 is 1.06 bits per heavy atom. The molecule has 3 rings (SSSR count). The summed E-state index contributed by atoms with van der Waals surface area (Å²) in [7, 11) is -0.203. The van der Waals surface area contributed by atoms with Crippen LogP contribution < -0.4 is 15.4 Å². The molecule has 0 saturated heterocycles. The van der Waals surface area contributed by atoms with Gasteiger partial charge < -0.3 is 15.7 Å². The first-order valence-electron chi connectivity index (χ1n) is 10.7. The van der Waals surface area contributed by atoms with Crippen LogP contribution in [0.15, 0.2) is 41.3 Å². The number of hydrogen-bond acceptors (Lipinski definition) is 5. The smallest absolute Gasteiger partial charge is 0.322 e. The molecule has 0 heterocycles. The number of anilines is 1. The molecule has 2 aromatic rings. The van der Waals surface area contributed by atoms with E-state index < -0.39 is 22.0 Å². The quantitative estimate of drug-likeness (QED) is 0.621. The van der Waals surface area contributed by atoms with E-state index >= 15 is 0 Å². The highest BCUT2D eigenvalue weighted by molar-refractivity contribution is 7.89. The first kappa shape index (κ1) is 25.1. The van der Waals surface area contributed by atoms with Crippen LogP contribution >= 0.6 is 0 Å². The first-order chi connectivity index (χ1) is 14.5. The number of carbonyl (C=O) groups is 1. The maximum absolute atomic E-state index is 12.8. The zero-order valence-electron chi connectivity index (χ0n) is 18.8. The summed E-state index contributed by atoms with van der Waals surface area (Å²) in [5.41, 5.74) is 6.53. The molecule has 1 aliphatic rings. The average Bonchev–Trinajstić information content (AvgIpc) is 2.71. The third-order valence-corrected chi connectivity index (χ3v) is 6.99. The molecule has 0 aliphatic heterocycles. The maximum atomic E-state index is 12.8. The van der Waals surface area contributed by atoms with Crippen molar-refractivity contribution in [3.8, 4) is 0 Å². The van der Waals surface area contributed by atoms with Crippen LogP contribution in [-0.4, -0.2) is 45.7 Å². The number of benzene rings is 2. The van der Waals surface area contributed by atoms with Crippen LogP contribution in [0, 0.1) is 5.92 Å². The van der Waals surface area contributed by atoms with Crippen molar-refractivity contribution in [2.24, 2.45) is 11.7 Å². The number of nitrogens with zero attached hydrogens (tertiary/aromatic N) is 1. The molecular weight excluding hydrogens is 414 g/mol. The second kappa shape index (κ2) is 10.9. The van der Waals surface area contributed by atoms with Gasteiger partial charge in [0.15, 0.2) is 0 Å². The van der Waals surface area contributed by atoms with Gasteiger partial charge in [0.2, 0.25) is 10.0 Å². The number of nitrogens with one attached hydrogen (secondary N) is 1. The number of carboxylic acid groups (broad SMARTS) is 1. The van der Waals surface area contributed by atoms with Crippen molar-refractivity contribution >= 4 is 32.5 Å². The Hall–Kier alpha value is -2.16. The number of hydrogen-bond donors (Lipinski definition) is 3. The Balaban J connectivity index is 0.000000412. The molecule has 172 valence electrons. The fourth-order valence-electron chi connectivity index (χ4n) is 3.73. The van der Waals surface area contributed by atoms with Crippen molar-refractivity contribution < 1.29 is 18.3 Å². The molecule has 31 heavy (non-hydrogen) atoms. The molecule has 1 fully saturated rings. The summed E-state index contributed by atoms with van der Waals surface area (Å²) in [4.78, 5) is 13.3. The largest absolute Gasteiger partial charge is 0.480 e. The van der Waals surface area contributed by atoms with Crippen LogP contribution in [0.4, 0.5) is 5.69 Å². The van der Waals surface area contributed by atoms with E-state index in [0.717, 1.165) is 11.1 Å². The minimum Gasteiger partial charge on any atom is -0.480 e. The summed E-state index contributed by atoms with van der Waals surface area (Å²) < 4.78 is 27.8. The predicted molar refractivity (Wildman–Crippen MR) is 126 cm³/mol. The second-order valence-electron chi connectivity index (χ2n) is 8.60. The molecular formula is C23H35N3O4S. The van der Waals surface area contributed by atoms with Crippen molar-refractivity contribution in [2.75, 3.05) is 19.0 Å². The summed E-state index contributed by atoms with van der Waals surface area (Å²) >= 11 is 0. The lowest BCUT2D eigenvalue weighted by atomic mass is 9.97. The zero-order chi connectivity index (χ0) is 23.2. The molecule has 2 aromatic carbocycles. The summed E-state index contributed by atoms with van der Waals surface area (Å²) in [6.45, 7) is 3.32. The Bertz CT molecular complexity index is 983. The minimum absolute atomic E-state index is 0.0793. The molecule has 0 aromatic heterocycles. The van der Waals surface area contributed by atoms with Gasteiger partial charge in [-0.3, -0.25) is 4.79 Å². The van der Waals surface area contributed by atoms with E-state index in [2.05, 4.69) is 4.72 Å². The van der Waals surface area contributed by atoms with Crippen LogP contribution in [0.5, 0.6) is 0 Å². The van der Waals surface area contributed by atoms with E-state index in [1.807, 2.05) is 31.1 Å². The van der Waals surface area contributed by atoms with E-state index in [1.54, 1.807) is 32.0 Å². The summed E-state index contributed by atoms with van der Waals surface area (Å²) in [6, 6.07) is 9.77. The van der Waals surface area contributed by atoms with E-state index in [4.69, 9.17) is 5.73 Å². The standard InChI is InChI=1S/C17H22N2O4S.C6H13N/c1-11(2)16(17(20)21)18-24(22,23)15-10-6-7-12-13(15)8-5-9-14(12)19(3)4;7-6-4-2-1-3-5-6/h5-11,16,18H,1-4H3,(H,20,21);6H,1-5,7H2/t16-;/m0./s1. The van der Waals surface area contributed by atoms with Gasteiger partial charge in [-0.25, -0.2) is 8.42 Å². The highest BCUT2D eigenvalue weighted by Crippen LogP contribution is 2.30. The van der Waals surface area contributed by atoms with Crippen LogP contribution in [0.25, 0.3) is 10.8 Å². The van der Waals surface area contributed by atoms with Crippen molar-refractivity contribution in [1.29, 1.82) is 0 Å². The van der Waals surface area contributed by atoms with E-state index in [0.29, 0.717) is 11.4 Å². The van der Waals surface area contributed by atoms with Crippen molar-refractivity contribution in [2.45, 2.75) is 62.9 Å². The summed E-state index contributed by atoms with van der Waals surface area (Å²) in [5.74, 6) is -1.56. The fourth-order valence-corrected chi connectivity index (χ4v) is 5.28. The Kier molecular flexibility index (Phi) is 8.85. The van der Waals surface area contributed by atoms with Gasteiger partial charge in [-0.15, -0.1) is 0 Å². The number of fused-ring (bicyclic) bond motifs is 1. The average molecular weight is 450 g/mol. The molecule has 0 amide bonds. The molecule has 1 aliphatic carbocycles. The monoisotopic (exact) mass is 449 g/mol. The second-order valence-corrected chi connectivity index (χ2v) is 10.3. The number of rotatable bonds is 6. The van der Waals surface area contributed by atoms with Gasteiger partial charge >= 0.3 is 5.97 Å². The first-order valence-corrected chi connectivity index (χ1v) is 12.2. The molecule has 0 spiro atoms. The third kappa shape index (κ3) is 6.66. The highest BCUT2D eigenvalue weighted by atomic mass is 32.2. The van der Waals surface area contributed by atoms with E-state index in [9.17, 15) is 18.3 Å². The Morgan fingerprint density at radius 3 is 2.13 bits per heavy atom. The van der Waals surface area contributed by atoms with Crippen molar-refractivity contribution in [1.82, 2.24) is 4.72 Å². The van der Waals surface area contributed by atoms with Gasteiger partial charge in [-0.1, -0.05) is 57.4 Å². The molecule has 1 saturated carbocycles. The highest BCUT2D eigenvalue weighted by Gasteiger charge is 2.29. The lowest BCUT2D eigenvalue weighted by molar-refractivity contribution is -0.140. The third-order valence-electron chi connectivity index (χ3n) is 5.50. The normalized spacial score (nSPS) is 15.9. The molecule has 0 unspecified atom stereocenters. The number of nitrogens with two attached hydrogens (primary N) is 1. The minimum atomic E-state index is -3.97. The fraction of sp³-hybridized carbons (Fsp3) is 0.522. The summed E-state index contributed by atoms with van der Waals surface area (Å²) in [6.07, 6.45) is 6.66. The van der Waals surface area contributed by atoms with Gasteiger partial charge in [0.1, 0.15) is 6.04 Å². The molecule has 8 heteroatoms. The maximum Gasteiger partial charge on any atom is 0.322 e. The lowest BCUT2D eigenvalue weighted by Gasteiger charge is -2.20. The number of sulfonamides is 1. The number of carboxylic acids is 1. The van der Waals surface area contributed by atoms with Gasteiger partial charge in [-0.2, -0.15) is 4.72 Å². The van der Waals surface area contributed by atoms with Crippen molar-refractivity contribution in [3.63, 3.8) is 0 Å². The molecule has 1 atom stereocenters. The van der Waals surface area contributed by atoms with Gasteiger partial charge in [-0.05, 0) is 30.9 Å². The van der Waals surface area contributed by atoms with E-state index in [1.165, 1.54) is 38.2 Å². The van der Waals surface area contributed by atoms with Gasteiger partial charge in [0.25, 0.3) is 0 Å². The van der Waals surface area contributed by atoms with Crippen molar-refractivity contribution in [3.05, 3.63) is 36.4 Å². The predicted octanol–water partition coefficient (Wildman–Crippen LogP) is 3.57. The van der Waals surface area contributed by atoms with Crippen LogP contribution in [0.1, 0.15) is 46.0 Å².